The van der Waals surface area contributed by atoms with E-state index in [0.717, 1.165) is 33.3 Å². The highest BCUT2D eigenvalue weighted by Gasteiger charge is 2.37. The van der Waals surface area contributed by atoms with Crippen LogP contribution in [0.3, 0.4) is 0 Å². The number of methoxy groups -OCH3 is 2. The second-order valence-electron chi connectivity index (χ2n) is 11.7. The van der Waals surface area contributed by atoms with E-state index in [1.54, 1.807) is 0 Å². The summed E-state index contributed by atoms with van der Waals surface area (Å²) in [5.74, 6) is -7.11. The van der Waals surface area contributed by atoms with Crippen LogP contribution in [-0.2, 0) is 14.1 Å². The van der Waals surface area contributed by atoms with E-state index in [4.69, 9.17) is 14.2 Å². The van der Waals surface area contributed by atoms with Crippen LogP contribution < -0.4 is 24.1 Å². The maximum absolute atomic E-state index is 15.4. The number of carbonyl (C=O) groups excluding carboxylic acids is 4. The van der Waals surface area contributed by atoms with E-state index in [1.165, 1.54) is 49.0 Å². The average molecular weight is 821 g/mol. The number of imidazole rings is 1. The third kappa shape index (κ3) is 9.61. The number of benzene rings is 2. The summed E-state index contributed by atoms with van der Waals surface area (Å²) in [6, 6.07) is 6.10. The summed E-state index contributed by atoms with van der Waals surface area (Å²) in [6.07, 6.45) is -4.18. The quantitative estimate of drug-likeness (QED) is 0.0817. The molecule has 0 aliphatic rings. The molecule has 0 bridgehead atoms. The van der Waals surface area contributed by atoms with E-state index in [9.17, 15) is 46.7 Å². The first-order valence-corrected chi connectivity index (χ1v) is 17.5. The highest BCUT2D eigenvalue weighted by atomic mass is 31.2. The topological polar surface area (TPSA) is 230 Å². The molecule has 0 radical (unpaired) electrons. The molecule has 1 unspecified atom stereocenters. The van der Waals surface area contributed by atoms with Crippen LogP contribution in [0.1, 0.15) is 51.9 Å². The third-order valence-corrected chi connectivity index (χ3v) is 8.22. The number of esters is 1. The summed E-state index contributed by atoms with van der Waals surface area (Å²) in [4.78, 5) is 80.7. The molecule has 5 rings (SSSR count). The number of aryl methyl sites for hydroxylation is 1. The van der Waals surface area contributed by atoms with Crippen molar-refractivity contribution in [1.82, 2.24) is 24.5 Å². The molecule has 3 N–H and O–H groups in total. The first-order valence-electron chi connectivity index (χ1n) is 16.0. The Bertz CT molecular complexity index is 2460. The number of hydrogen-bond donors (Lipinski definition) is 3. The van der Waals surface area contributed by atoms with Gasteiger partial charge in [-0.25, -0.2) is 32.9 Å². The van der Waals surface area contributed by atoms with Crippen molar-refractivity contribution >= 4 is 43.2 Å². The molecule has 300 valence electrons. The van der Waals surface area contributed by atoms with Crippen molar-refractivity contribution in [2.24, 2.45) is 0 Å². The fourth-order valence-electron chi connectivity index (χ4n) is 5.34. The van der Waals surface area contributed by atoms with E-state index in [2.05, 4.69) is 29.6 Å². The molecule has 0 fully saturated rings. The molecule has 57 heavy (non-hydrogen) atoms. The van der Waals surface area contributed by atoms with Crippen LogP contribution >= 0.6 is 7.82 Å². The van der Waals surface area contributed by atoms with E-state index >= 15 is 4.39 Å². The number of phosphoric ester groups is 1. The minimum atomic E-state index is -5.31. The number of nitrogens with zero attached hydrogens (tertiary/aromatic N) is 5. The van der Waals surface area contributed by atoms with E-state index < -0.39 is 78.1 Å². The summed E-state index contributed by atoms with van der Waals surface area (Å²) < 4.78 is 91.8. The number of halogens is 4. The summed E-state index contributed by atoms with van der Waals surface area (Å²) >= 11 is 0. The van der Waals surface area contributed by atoms with Crippen molar-refractivity contribution in [2.45, 2.75) is 33.2 Å². The van der Waals surface area contributed by atoms with Gasteiger partial charge in [0.25, 0.3) is 5.91 Å². The van der Waals surface area contributed by atoms with Gasteiger partial charge in [-0.15, -0.1) is 13.2 Å². The van der Waals surface area contributed by atoms with Gasteiger partial charge in [0, 0.05) is 24.2 Å². The molecular formula is C34H29F4N6O12P. The second-order valence-corrected chi connectivity index (χ2v) is 12.8. The highest BCUT2D eigenvalue weighted by molar-refractivity contribution is 7.46. The average Bonchev–Trinajstić information content (AvgIpc) is 3.52. The number of rotatable bonds is 11. The van der Waals surface area contributed by atoms with Gasteiger partial charge in [-0.1, -0.05) is 0 Å². The standard InChI is InChI=1S/C34H29F4N6O12P/c1-16-22(12-19(14-39-16)25-9-11-28-41-27(40-18(3)45)15-43(28)42-25)31(46)44(17(2)23-13-20(6-8-24(23)35)55-34(36,37)38)33(48)54-29-21(32(47)53-5)7-10-26(30(29)52-4)56-57(49,50)51/h6-15,17H,1-5H3,(H,40,45)(H2,49,50,51). The zero-order chi connectivity index (χ0) is 42.0. The minimum absolute atomic E-state index is 0.00935. The molecule has 0 aliphatic carbocycles. The Morgan fingerprint density at radius 3 is 2.35 bits per heavy atom. The molecular weight excluding hydrogens is 791 g/mol. The van der Waals surface area contributed by atoms with Crippen molar-refractivity contribution in [1.29, 1.82) is 0 Å². The lowest BCUT2D eigenvalue weighted by atomic mass is 10.0. The van der Waals surface area contributed by atoms with Crippen molar-refractivity contribution < 1.29 is 74.6 Å². The zero-order valence-electron chi connectivity index (χ0n) is 30.0. The van der Waals surface area contributed by atoms with Gasteiger partial charge >= 0.3 is 26.2 Å². The number of phosphoric acid groups is 1. The molecule has 0 saturated heterocycles. The van der Waals surface area contributed by atoms with Gasteiger partial charge in [0.05, 0.1) is 43.4 Å². The van der Waals surface area contributed by atoms with Crippen molar-refractivity contribution in [2.75, 3.05) is 19.5 Å². The van der Waals surface area contributed by atoms with Crippen LogP contribution in [0.5, 0.6) is 23.0 Å². The summed E-state index contributed by atoms with van der Waals surface area (Å²) in [6.45, 7) is 3.72. The highest BCUT2D eigenvalue weighted by Crippen LogP contribution is 2.47. The Morgan fingerprint density at radius 1 is 1.00 bits per heavy atom. The largest absolute Gasteiger partial charge is 0.573 e. The van der Waals surface area contributed by atoms with Crippen LogP contribution in [0, 0.1) is 12.7 Å². The maximum atomic E-state index is 15.4. The fraction of sp³-hybridized carbons (Fsp3) is 0.206. The number of carbonyl (C=O) groups is 4. The summed E-state index contributed by atoms with van der Waals surface area (Å²) in [7, 11) is -3.41. The second kappa shape index (κ2) is 16.2. The van der Waals surface area contributed by atoms with E-state index in [0.29, 0.717) is 23.8 Å². The minimum Gasteiger partial charge on any atom is -0.490 e. The van der Waals surface area contributed by atoms with Crippen LogP contribution in [0.2, 0.25) is 0 Å². The van der Waals surface area contributed by atoms with Crippen LogP contribution in [-0.4, -0.2) is 78.7 Å². The molecule has 5 aromatic rings. The first kappa shape index (κ1) is 41.5. The van der Waals surface area contributed by atoms with Crippen molar-refractivity contribution in [3.63, 3.8) is 0 Å². The number of pyridine rings is 1. The normalized spacial score (nSPS) is 12.1. The molecule has 3 amide bonds. The van der Waals surface area contributed by atoms with Gasteiger partial charge < -0.3 is 28.8 Å². The number of aromatic nitrogens is 4. The molecule has 0 spiro atoms. The van der Waals surface area contributed by atoms with Gasteiger partial charge in [-0.05, 0) is 62.4 Å². The number of ether oxygens (including phenoxy) is 4. The van der Waals surface area contributed by atoms with Crippen molar-refractivity contribution in [3.05, 3.63) is 89.1 Å². The smallest absolute Gasteiger partial charge is 0.490 e. The van der Waals surface area contributed by atoms with Crippen molar-refractivity contribution in [3.8, 4) is 34.3 Å². The number of amides is 3. The predicted molar refractivity (Wildman–Crippen MR) is 186 cm³/mol. The Labute approximate surface area is 318 Å². The summed E-state index contributed by atoms with van der Waals surface area (Å²) in [5, 5.41) is 6.94. The number of anilines is 1. The predicted octanol–water partition coefficient (Wildman–Crippen LogP) is 5.76. The Kier molecular flexibility index (Phi) is 11.8. The van der Waals surface area contributed by atoms with Crippen LogP contribution in [0.4, 0.5) is 28.2 Å². The lowest BCUT2D eigenvalue weighted by molar-refractivity contribution is -0.274. The van der Waals surface area contributed by atoms with Gasteiger partial charge in [0.15, 0.2) is 23.0 Å². The Balaban J connectivity index is 1.65. The molecule has 23 heteroatoms. The van der Waals surface area contributed by atoms with E-state index in [1.807, 2.05) is 0 Å². The number of fused-ring (bicyclic) bond motifs is 1. The van der Waals surface area contributed by atoms with Crippen LogP contribution in [0.15, 0.2) is 60.9 Å². The molecule has 18 nitrogen and oxygen atoms in total. The number of hydrogen-bond acceptors (Lipinski definition) is 13. The van der Waals surface area contributed by atoms with Gasteiger partial charge in [0.2, 0.25) is 11.7 Å². The first-order chi connectivity index (χ1) is 26.7. The van der Waals surface area contributed by atoms with Gasteiger partial charge in [0.1, 0.15) is 17.1 Å². The molecule has 3 aromatic heterocycles. The number of alkyl halides is 3. The third-order valence-electron chi connectivity index (χ3n) is 7.78. The molecule has 1 atom stereocenters. The molecule has 2 aromatic carbocycles. The Hall–Kier alpha value is -6.64. The Morgan fingerprint density at radius 2 is 1.72 bits per heavy atom. The summed E-state index contributed by atoms with van der Waals surface area (Å²) in [5.41, 5.74) is -0.882. The maximum Gasteiger partial charge on any atom is 0.573 e. The molecule has 0 saturated carbocycles. The van der Waals surface area contributed by atoms with Crippen LogP contribution in [0.25, 0.3) is 16.9 Å². The fourth-order valence-corrected chi connectivity index (χ4v) is 5.74. The number of nitrogens with one attached hydrogen (secondary N) is 1. The lowest BCUT2D eigenvalue weighted by Gasteiger charge is -2.28. The van der Waals surface area contributed by atoms with Gasteiger partial charge in [-0.2, -0.15) is 5.10 Å². The molecule has 0 aliphatic heterocycles. The SMILES string of the molecule is COC(=O)c1ccc(OP(=O)(O)O)c(OC)c1OC(=O)N(C(=O)c1cc(-c2ccc3nc(NC(C)=O)cn3n2)cnc1C)C(C)c1cc(OC(F)(F)F)ccc1F. The zero-order valence-corrected chi connectivity index (χ0v) is 30.9. The number of imide groups is 1. The van der Waals surface area contributed by atoms with E-state index in [-0.39, 0.29) is 39.1 Å². The van der Waals surface area contributed by atoms with Gasteiger partial charge in [-0.3, -0.25) is 24.4 Å². The molecule has 3 heterocycles. The lowest BCUT2D eigenvalue weighted by Crippen LogP contribution is -2.41. The monoisotopic (exact) mass is 820 g/mol.